The van der Waals surface area contributed by atoms with Crippen molar-refractivity contribution in [3.63, 3.8) is 0 Å². The lowest BCUT2D eigenvalue weighted by molar-refractivity contribution is -0.123. The van der Waals surface area contributed by atoms with Crippen LogP contribution in [0.15, 0.2) is 10.2 Å². The van der Waals surface area contributed by atoms with Crippen LogP contribution in [0.5, 0.6) is 0 Å². The highest BCUT2D eigenvalue weighted by atomic mass is 16.2. The fourth-order valence-electron chi connectivity index (χ4n) is 0.700. The average molecular weight is 214 g/mol. The van der Waals surface area contributed by atoms with Crippen molar-refractivity contribution in [3.05, 3.63) is 0 Å². The molecule has 1 heterocycles. The molecular formula is C5H10N8O2. The van der Waals surface area contributed by atoms with Gasteiger partial charge < -0.3 is 0 Å². The number of nitrogens with two attached hydrogens (primary N) is 2. The van der Waals surface area contributed by atoms with E-state index in [1.54, 1.807) is 0 Å². The van der Waals surface area contributed by atoms with Gasteiger partial charge in [-0.2, -0.15) is 0 Å². The zero-order valence-corrected chi connectivity index (χ0v) is 7.81. The van der Waals surface area contributed by atoms with Gasteiger partial charge in [-0.25, -0.2) is 11.7 Å². The molecule has 0 aliphatic carbocycles. The summed E-state index contributed by atoms with van der Waals surface area (Å²) in [5.41, 5.74) is 6.33. The molecule has 1 aliphatic rings. The third kappa shape index (κ3) is 2.38. The topological polar surface area (TPSA) is 150 Å². The van der Waals surface area contributed by atoms with Crippen LogP contribution in [0, 0.1) is 0 Å². The molecule has 0 saturated carbocycles. The molecule has 0 atom stereocenters. The number of carbonyl (C=O) groups is 2. The first-order chi connectivity index (χ1) is 7.06. The Morgan fingerprint density at radius 3 is 2.27 bits per heavy atom. The van der Waals surface area contributed by atoms with Gasteiger partial charge in [0.2, 0.25) is 11.7 Å². The van der Waals surface area contributed by atoms with E-state index in [4.69, 9.17) is 11.7 Å². The summed E-state index contributed by atoms with van der Waals surface area (Å²) >= 11 is 0. The molecule has 10 nitrogen and oxygen atoms in total. The molecule has 1 aliphatic heterocycles. The maximum absolute atomic E-state index is 11.2. The van der Waals surface area contributed by atoms with Crippen molar-refractivity contribution < 1.29 is 9.59 Å². The fourth-order valence-corrected chi connectivity index (χ4v) is 0.700. The van der Waals surface area contributed by atoms with Gasteiger partial charge in [0.05, 0.1) is 0 Å². The highest BCUT2D eigenvalue weighted by Gasteiger charge is 2.20. The van der Waals surface area contributed by atoms with Gasteiger partial charge in [0.1, 0.15) is 0 Å². The smallest absolute Gasteiger partial charge is 0.287 e. The second kappa shape index (κ2) is 4.34. The molecule has 10 heteroatoms. The van der Waals surface area contributed by atoms with Crippen LogP contribution in [0.3, 0.4) is 0 Å². The number of amidine groups is 2. The monoisotopic (exact) mass is 214 g/mol. The van der Waals surface area contributed by atoms with E-state index in [1.807, 2.05) is 5.43 Å². The minimum Gasteiger partial charge on any atom is -0.287 e. The maximum atomic E-state index is 11.2. The predicted octanol–water partition coefficient (Wildman–Crippen LogP) is -3.87. The highest BCUT2D eigenvalue weighted by Crippen LogP contribution is 1.86. The standard InChI is InChI=1S/C5H10N8O2/c1-13(7)5(15)3-11-9-2(10-12-3)4(14)8-6/h6-7H2,1H3,(H,8,14)(H,9,10)(H,11,12). The van der Waals surface area contributed by atoms with E-state index in [1.165, 1.54) is 7.05 Å². The van der Waals surface area contributed by atoms with Gasteiger partial charge >= 0.3 is 11.8 Å². The maximum Gasteiger partial charge on any atom is 0.306 e. The molecule has 0 aromatic heterocycles. The highest BCUT2D eigenvalue weighted by molar-refractivity contribution is 6.41. The number of nitrogens with zero attached hydrogens (tertiary/aromatic N) is 3. The van der Waals surface area contributed by atoms with Gasteiger partial charge in [0.25, 0.3) is 0 Å². The molecule has 0 radical (unpaired) electrons. The van der Waals surface area contributed by atoms with Crippen molar-refractivity contribution in [2.45, 2.75) is 0 Å². The largest absolute Gasteiger partial charge is 0.306 e. The quantitative estimate of drug-likeness (QED) is 0.180. The molecular weight excluding hydrogens is 204 g/mol. The summed E-state index contributed by atoms with van der Waals surface area (Å²) in [6.45, 7) is 0. The third-order valence-electron chi connectivity index (χ3n) is 1.42. The van der Waals surface area contributed by atoms with Gasteiger partial charge in [0, 0.05) is 7.05 Å². The number of hydrazine groups is 2. The van der Waals surface area contributed by atoms with Crippen LogP contribution >= 0.6 is 0 Å². The Kier molecular flexibility index (Phi) is 3.15. The van der Waals surface area contributed by atoms with Crippen molar-refractivity contribution in [2.75, 3.05) is 7.05 Å². The van der Waals surface area contributed by atoms with Crippen molar-refractivity contribution >= 4 is 23.5 Å². The number of hydrogen-bond donors (Lipinski definition) is 5. The molecule has 0 fully saturated rings. The minimum absolute atomic E-state index is 0.131. The summed E-state index contributed by atoms with van der Waals surface area (Å²) in [6, 6.07) is 0. The fraction of sp³-hybridized carbons (Fsp3) is 0.200. The summed E-state index contributed by atoms with van der Waals surface area (Å²) in [4.78, 5) is 22.1. The van der Waals surface area contributed by atoms with Crippen LogP contribution in [-0.2, 0) is 9.59 Å². The first kappa shape index (κ1) is 10.9. The van der Waals surface area contributed by atoms with Gasteiger partial charge in [0.15, 0.2) is 0 Å². The van der Waals surface area contributed by atoms with Crippen molar-refractivity contribution in [2.24, 2.45) is 21.9 Å². The number of likely N-dealkylation sites (N-methyl/N-ethyl adjacent to an activating group) is 1. The molecule has 0 unspecified atom stereocenters. The summed E-state index contributed by atoms with van der Waals surface area (Å²) in [6.07, 6.45) is 0. The van der Waals surface area contributed by atoms with Crippen molar-refractivity contribution in [1.82, 2.24) is 21.3 Å². The van der Waals surface area contributed by atoms with Crippen LogP contribution in [0.2, 0.25) is 0 Å². The van der Waals surface area contributed by atoms with Gasteiger partial charge in [-0.15, -0.1) is 10.2 Å². The van der Waals surface area contributed by atoms with Crippen molar-refractivity contribution in [1.29, 1.82) is 0 Å². The second-order valence-corrected chi connectivity index (χ2v) is 2.53. The predicted molar refractivity (Wildman–Crippen MR) is 50.4 cm³/mol. The Bertz CT molecular complexity index is 345. The summed E-state index contributed by atoms with van der Waals surface area (Å²) < 4.78 is 0. The van der Waals surface area contributed by atoms with E-state index >= 15 is 0 Å². The normalized spacial score (nSPS) is 14.1. The van der Waals surface area contributed by atoms with Crippen LogP contribution < -0.4 is 28.0 Å². The molecule has 1 rings (SSSR count). The Morgan fingerprint density at radius 1 is 1.33 bits per heavy atom. The number of hydrazone groups is 2. The van der Waals surface area contributed by atoms with Crippen LogP contribution in [-0.4, -0.2) is 35.5 Å². The molecule has 2 amide bonds. The van der Waals surface area contributed by atoms with E-state index in [0.29, 0.717) is 0 Å². The van der Waals surface area contributed by atoms with E-state index < -0.39 is 11.8 Å². The van der Waals surface area contributed by atoms with E-state index in [2.05, 4.69) is 21.1 Å². The zero-order chi connectivity index (χ0) is 11.4. The second-order valence-electron chi connectivity index (χ2n) is 2.53. The molecule has 0 aromatic carbocycles. The summed E-state index contributed by atoms with van der Waals surface area (Å²) in [7, 11) is 1.35. The Morgan fingerprint density at radius 2 is 1.87 bits per heavy atom. The lowest BCUT2D eigenvalue weighted by Crippen LogP contribution is -2.50. The Balaban J connectivity index is 2.64. The average Bonchev–Trinajstić information content (AvgIpc) is 2.27. The van der Waals surface area contributed by atoms with Gasteiger partial charge in [-0.3, -0.25) is 30.9 Å². The molecule has 7 N–H and O–H groups in total. The molecule has 0 aromatic rings. The van der Waals surface area contributed by atoms with Crippen LogP contribution in [0.4, 0.5) is 0 Å². The first-order valence-corrected chi connectivity index (χ1v) is 3.77. The lowest BCUT2D eigenvalue weighted by Gasteiger charge is -2.15. The molecule has 0 saturated heterocycles. The summed E-state index contributed by atoms with van der Waals surface area (Å²) in [5, 5.41) is 7.87. The van der Waals surface area contributed by atoms with Crippen LogP contribution in [0.1, 0.15) is 0 Å². The zero-order valence-electron chi connectivity index (χ0n) is 7.81. The Hall–Kier alpha value is -2.20. The number of hydrogen-bond acceptors (Lipinski definition) is 8. The minimum atomic E-state index is -0.668. The number of rotatable bonds is 2. The van der Waals surface area contributed by atoms with Crippen LogP contribution in [0.25, 0.3) is 0 Å². The SMILES string of the molecule is CN(N)C(=O)C1=NNC(C(=O)NN)=NN1. The number of nitrogens with one attached hydrogen (secondary N) is 3. The van der Waals surface area contributed by atoms with Crippen molar-refractivity contribution in [3.8, 4) is 0 Å². The van der Waals surface area contributed by atoms with E-state index in [9.17, 15) is 9.59 Å². The molecule has 0 bridgehead atoms. The molecule has 15 heavy (non-hydrogen) atoms. The first-order valence-electron chi connectivity index (χ1n) is 3.77. The molecule has 0 spiro atoms. The van der Waals surface area contributed by atoms with Gasteiger partial charge in [-0.1, -0.05) is 0 Å². The number of amides is 2. The lowest BCUT2D eigenvalue weighted by atomic mass is 10.5. The van der Waals surface area contributed by atoms with Gasteiger partial charge in [-0.05, 0) is 0 Å². The summed E-state index contributed by atoms with van der Waals surface area (Å²) in [5.74, 6) is 8.49. The van der Waals surface area contributed by atoms with E-state index in [0.717, 1.165) is 5.01 Å². The van der Waals surface area contributed by atoms with E-state index in [-0.39, 0.29) is 11.7 Å². The number of carbonyl (C=O) groups excluding carboxylic acids is 2. The molecule has 82 valence electrons. The third-order valence-corrected chi connectivity index (χ3v) is 1.42. The Labute approximate surface area is 84.3 Å².